The number of esters is 1. The van der Waals surface area contributed by atoms with Crippen molar-refractivity contribution < 1.29 is 28.8 Å². The van der Waals surface area contributed by atoms with Crippen molar-refractivity contribution in [1.82, 2.24) is 9.38 Å². The average Bonchev–Trinajstić information content (AvgIpc) is 3.21. The third-order valence-electron chi connectivity index (χ3n) is 4.83. The zero-order valence-electron chi connectivity index (χ0n) is 16.0. The number of hydrogen-bond donors (Lipinski definition) is 1. The lowest BCUT2D eigenvalue weighted by Crippen LogP contribution is -2.24. The summed E-state index contributed by atoms with van der Waals surface area (Å²) in [5, 5.41) is 10.9. The Labute approximate surface area is 175 Å². The predicted octanol–water partition coefficient (Wildman–Crippen LogP) is 2.49. The summed E-state index contributed by atoms with van der Waals surface area (Å²) in [6, 6.07) is 6.31. The van der Waals surface area contributed by atoms with Gasteiger partial charge in [-0.05, 0) is 29.8 Å². The minimum atomic E-state index is -0.892. The molecule has 0 amide bonds. The summed E-state index contributed by atoms with van der Waals surface area (Å²) >= 11 is 6.02. The van der Waals surface area contributed by atoms with E-state index < -0.39 is 23.3 Å². The first-order valence-corrected chi connectivity index (χ1v) is 9.25. The molecule has 1 N–H and O–H groups in total. The Kier molecular flexibility index (Phi) is 5.13. The lowest BCUT2D eigenvalue weighted by atomic mass is 9.89. The summed E-state index contributed by atoms with van der Waals surface area (Å²) < 4.78 is 22.2. The van der Waals surface area contributed by atoms with Gasteiger partial charge >= 0.3 is 5.97 Å². The maximum atomic E-state index is 13.2. The highest BCUT2D eigenvalue weighted by molar-refractivity contribution is 6.30. The predicted molar refractivity (Wildman–Crippen MR) is 106 cm³/mol. The molecule has 2 aromatic heterocycles. The van der Waals surface area contributed by atoms with E-state index in [1.807, 2.05) is 0 Å². The van der Waals surface area contributed by atoms with Crippen LogP contribution in [0.1, 0.15) is 23.5 Å². The third kappa shape index (κ3) is 3.37. The minimum absolute atomic E-state index is 0.0146. The Morgan fingerprint density at radius 3 is 2.87 bits per heavy atom. The molecule has 1 aliphatic rings. The van der Waals surface area contributed by atoms with E-state index >= 15 is 0 Å². The zero-order valence-corrected chi connectivity index (χ0v) is 16.8. The van der Waals surface area contributed by atoms with Crippen LogP contribution in [0.3, 0.4) is 0 Å². The van der Waals surface area contributed by atoms with Gasteiger partial charge in [-0.15, -0.1) is 0 Å². The minimum Gasteiger partial charge on any atom is -0.493 e. The van der Waals surface area contributed by atoms with E-state index in [0.29, 0.717) is 27.8 Å². The molecule has 0 spiro atoms. The first-order chi connectivity index (χ1) is 14.4. The van der Waals surface area contributed by atoms with Gasteiger partial charge < -0.3 is 24.1 Å². The van der Waals surface area contributed by atoms with E-state index in [-0.39, 0.29) is 24.4 Å². The summed E-state index contributed by atoms with van der Waals surface area (Å²) in [4.78, 5) is 29.5. The average molecular weight is 433 g/mol. The van der Waals surface area contributed by atoms with E-state index in [1.165, 1.54) is 30.9 Å². The monoisotopic (exact) mass is 432 g/mol. The fraction of sp³-hybridized carbons (Fsp3) is 0.250. The number of fused-ring (bicyclic) bond motifs is 2. The molecule has 0 fully saturated rings. The molecule has 1 aromatic carbocycles. The topological polar surface area (TPSA) is 109 Å². The fourth-order valence-electron chi connectivity index (χ4n) is 3.41. The van der Waals surface area contributed by atoms with Crippen LogP contribution in [0.5, 0.6) is 23.1 Å². The molecule has 0 saturated carbocycles. The van der Waals surface area contributed by atoms with Crippen LogP contribution in [0.4, 0.5) is 0 Å². The number of halogens is 1. The number of carbonyl (C=O) groups is 1. The lowest BCUT2D eigenvalue weighted by molar-refractivity contribution is -0.140. The summed E-state index contributed by atoms with van der Waals surface area (Å²) in [5.74, 6) is -0.777. The van der Waals surface area contributed by atoms with Gasteiger partial charge in [-0.3, -0.25) is 14.0 Å². The van der Waals surface area contributed by atoms with Gasteiger partial charge in [0.05, 0.1) is 31.2 Å². The van der Waals surface area contributed by atoms with Gasteiger partial charge in [0.15, 0.2) is 11.5 Å². The van der Waals surface area contributed by atoms with Gasteiger partial charge in [0.2, 0.25) is 18.4 Å². The van der Waals surface area contributed by atoms with Crippen molar-refractivity contribution in [1.29, 1.82) is 0 Å². The number of aromatic hydroxyl groups is 1. The molecular formula is C20H17ClN2O7. The number of hydrogen-bond acceptors (Lipinski definition) is 8. The summed E-state index contributed by atoms with van der Waals surface area (Å²) in [5.41, 5.74) is 0.0510. The Balaban J connectivity index is 1.95. The summed E-state index contributed by atoms with van der Waals surface area (Å²) in [7, 11) is 2.70. The van der Waals surface area contributed by atoms with Crippen molar-refractivity contribution in [2.45, 2.75) is 12.3 Å². The number of benzene rings is 1. The number of carbonyl (C=O) groups excluding carboxylic acids is 1. The number of rotatable bonds is 5. The molecule has 1 aliphatic heterocycles. The van der Waals surface area contributed by atoms with Crippen LogP contribution in [-0.4, -0.2) is 41.5 Å². The Bertz CT molecular complexity index is 1210. The molecule has 30 heavy (non-hydrogen) atoms. The maximum Gasteiger partial charge on any atom is 0.306 e. The van der Waals surface area contributed by atoms with Crippen molar-refractivity contribution in [2.75, 3.05) is 21.0 Å². The quantitative estimate of drug-likeness (QED) is 0.612. The normalized spacial score (nSPS) is 13.3. The van der Waals surface area contributed by atoms with Gasteiger partial charge in [0.25, 0.3) is 5.56 Å². The van der Waals surface area contributed by atoms with Crippen LogP contribution in [0, 0.1) is 0 Å². The van der Waals surface area contributed by atoms with Crippen LogP contribution in [0.15, 0.2) is 35.3 Å². The highest BCUT2D eigenvalue weighted by atomic mass is 35.5. The van der Waals surface area contributed by atoms with Gasteiger partial charge in [-0.1, -0.05) is 11.6 Å². The molecule has 0 unspecified atom stereocenters. The fourth-order valence-corrected chi connectivity index (χ4v) is 3.57. The second-order valence-electron chi connectivity index (χ2n) is 6.52. The third-order valence-corrected chi connectivity index (χ3v) is 5.06. The van der Waals surface area contributed by atoms with E-state index in [0.717, 1.165) is 0 Å². The Morgan fingerprint density at radius 2 is 2.13 bits per heavy atom. The molecule has 1 atom stereocenters. The van der Waals surface area contributed by atoms with Crippen LogP contribution in [0.25, 0.3) is 5.65 Å². The molecule has 9 nitrogen and oxygen atoms in total. The second-order valence-corrected chi connectivity index (χ2v) is 6.96. The van der Waals surface area contributed by atoms with Crippen LogP contribution >= 0.6 is 11.6 Å². The SMILES string of the molecule is COC(=O)C[C@H](c1cc(OC)c2c(c1)OCO2)c1c(O)nc2ccc(Cl)cn2c1=O. The van der Waals surface area contributed by atoms with Crippen LogP contribution in [-0.2, 0) is 9.53 Å². The molecule has 3 heterocycles. The number of ether oxygens (including phenoxy) is 4. The Hall–Kier alpha value is -3.46. The number of methoxy groups -OCH3 is 2. The first-order valence-electron chi connectivity index (χ1n) is 8.88. The number of aromatic nitrogens is 2. The largest absolute Gasteiger partial charge is 0.493 e. The van der Waals surface area contributed by atoms with Crippen molar-refractivity contribution in [3.8, 4) is 23.1 Å². The standard InChI is InChI=1S/C20H17ClN2O7/c1-27-13-5-10(6-14-18(13)30-9-29-14)12(7-16(24)28-2)17-19(25)22-15-4-3-11(21)8-23(15)20(17)26/h3-6,8,12,25H,7,9H2,1-2H3/t12-/m1/s1. The smallest absolute Gasteiger partial charge is 0.306 e. The molecular weight excluding hydrogens is 416 g/mol. The van der Waals surface area contributed by atoms with Gasteiger partial charge in [-0.2, -0.15) is 4.98 Å². The molecule has 10 heteroatoms. The van der Waals surface area contributed by atoms with Crippen LogP contribution in [0.2, 0.25) is 5.02 Å². The van der Waals surface area contributed by atoms with E-state index in [1.54, 1.807) is 18.2 Å². The van der Waals surface area contributed by atoms with E-state index in [4.69, 9.17) is 30.5 Å². The molecule has 0 radical (unpaired) electrons. The van der Waals surface area contributed by atoms with Crippen molar-refractivity contribution in [3.63, 3.8) is 0 Å². The van der Waals surface area contributed by atoms with Crippen molar-refractivity contribution >= 4 is 23.2 Å². The molecule has 0 aliphatic carbocycles. The van der Waals surface area contributed by atoms with Crippen molar-refractivity contribution in [2.24, 2.45) is 0 Å². The zero-order chi connectivity index (χ0) is 21.4. The maximum absolute atomic E-state index is 13.2. The lowest BCUT2D eigenvalue weighted by Gasteiger charge is -2.19. The first kappa shape index (κ1) is 19.8. The second kappa shape index (κ2) is 7.75. The molecule has 3 aromatic rings. The highest BCUT2D eigenvalue weighted by Crippen LogP contribution is 2.45. The number of pyridine rings is 1. The molecule has 156 valence electrons. The molecule has 4 rings (SSSR count). The van der Waals surface area contributed by atoms with Crippen LogP contribution < -0.4 is 19.8 Å². The van der Waals surface area contributed by atoms with Gasteiger partial charge in [0, 0.05) is 12.1 Å². The van der Waals surface area contributed by atoms with E-state index in [2.05, 4.69) is 4.98 Å². The van der Waals surface area contributed by atoms with E-state index in [9.17, 15) is 14.7 Å². The summed E-state index contributed by atoms with van der Waals surface area (Å²) in [6.07, 6.45) is 1.17. The summed E-state index contributed by atoms with van der Waals surface area (Å²) in [6.45, 7) is 0.0146. The Morgan fingerprint density at radius 1 is 1.33 bits per heavy atom. The van der Waals surface area contributed by atoms with Gasteiger partial charge in [0.1, 0.15) is 5.65 Å². The molecule has 0 saturated heterocycles. The highest BCUT2D eigenvalue weighted by Gasteiger charge is 2.30. The number of nitrogens with zero attached hydrogens (tertiary/aromatic N) is 2. The molecule has 0 bridgehead atoms. The van der Waals surface area contributed by atoms with Gasteiger partial charge in [-0.25, -0.2) is 0 Å². The van der Waals surface area contributed by atoms with Crippen molar-refractivity contribution in [3.05, 3.63) is 57.0 Å².